The van der Waals surface area contributed by atoms with E-state index in [2.05, 4.69) is 5.32 Å². The Balaban J connectivity index is 2.19. The summed E-state index contributed by atoms with van der Waals surface area (Å²) in [5.74, 6) is -3.10. The fraction of sp³-hybridized carbons (Fsp3) is 0.0714. The van der Waals surface area contributed by atoms with Crippen molar-refractivity contribution in [3.05, 3.63) is 63.9 Å². The standard InChI is InChI=1S/C14H10ClF3N2O/c15-10-4-9(16)5-12(18)13(10)20-6-8-2-1-7(14(19)21)3-11(8)17/h1-5,20H,6H2,(H2,19,21). The van der Waals surface area contributed by atoms with Gasteiger partial charge in [0, 0.05) is 23.7 Å². The molecule has 2 aromatic carbocycles. The van der Waals surface area contributed by atoms with Gasteiger partial charge < -0.3 is 11.1 Å². The first-order valence-electron chi connectivity index (χ1n) is 5.85. The molecule has 0 heterocycles. The van der Waals surface area contributed by atoms with E-state index in [1.54, 1.807) is 0 Å². The second kappa shape index (κ2) is 6.05. The van der Waals surface area contributed by atoms with Crippen LogP contribution in [0.4, 0.5) is 18.9 Å². The molecule has 0 bridgehead atoms. The highest BCUT2D eigenvalue weighted by Gasteiger charge is 2.11. The maximum absolute atomic E-state index is 13.7. The highest BCUT2D eigenvalue weighted by atomic mass is 35.5. The van der Waals surface area contributed by atoms with Crippen molar-refractivity contribution >= 4 is 23.2 Å². The van der Waals surface area contributed by atoms with Gasteiger partial charge in [0.25, 0.3) is 0 Å². The van der Waals surface area contributed by atoms with Crippen molar-refractivity contribution in [1.29, 1.82) is 0 Å². The molecule has 21 heavy (non-hydrogen) atoms. The maximum Gasteiger partial charge on any atom is 0.248 e. The van der Waals surface area contributed by atoms with E-state index in [0.717, 1.165) is 12.1 Å². The van der Waals surface area contributed by atoms with Gasteiger partial charge in [-0.2, -0.15) is 0 Å². The van der Waals surface area contributed by atoms with E-state index in [1.165, 1.54) is 12.1 Å². The van der Waals surface area contributed by atoms with E-state index in [4.69, 9.17) is 17.3 Å². The zero-order valence-electron chi connectivity index (χ0n) is 10.6. The average Bonchev–Trinajstić information content (AvgIpc) is 2.38. The molecule has 0 saturated heterocycles. The Hall–Kier alpha value is -2.21. The molecule has 0 aliphatic rings. The zero-order chi connectivity index (χ0) is 15.6. The molecule has 3 N–H and O–H groups in total. The number of hydrogen-bond donors (Lipinski definition) is 2. The van der Waals surface area contributed by atoms with Gasteiger partial charge in [-0.05, 0) is 18.2 Å². The molecular formula is C14H10ClF3N2O. The first-order chi connectivity index (χ1) is 9.88. The molecule has 0 radical (unpaired) electrons. The van der Waals surface area contributed by atoms with Crippen LogP contribution in [0.2, 0.25) is 5.02 Å². The summed E-state index contributed by atoms with van der Waals surface area (Å²) in [7, 11) is 0. The number of carbonyl (C=O) groups is 1. The fourth-order valence-electron chi connectivity index (χ4n) is 1.74. The van der Waals surface area contributed by atoms with E-state index >= 15 is 0 Å². The summed E-state index contributed by atoms with van der Waals surface area (Å²) in [5, 5.41) is 2.43. The van der Waals surface area contributed by atoms with Gasteiger partial charge in [-0.3, -0.25) is 4.79 Å². The van der Waals surface area contributed by atoms with Crippen LogP contribution in [0.15, 0.2) is 30.3 Å². The molecule has 0 aliphatic heterocycles. The summed E-state index contributed by atoms with van der Waals surface area (Å²) in [6, 6.07) is 5.30. The van der Waals surface area contributed by atoms with Crippen LogP contribution in [0.5, 0.6) is 0 Å². The predicted octanol–water partition coefficient (Wildman–Crippen LogP) is 3.47. The lowest BCUT2D eigenvalue weighted by Gasteiger charge is -2.11. The molecule has 0 aromatic heterocycles. The number of halogens is 4. The summed E-state index contributed by atoms with van der Waals surface area (Å²) in [4.78, 5) is 10.9. The summed E-state index contributed by atoms with van der Waals surface area (Å²) < 4.78 is 40.2. The monoisotopic (exact) mass is 314 g/mol. The summed E-state index contributed by atoms with van der Waals surface area (Å²) in [6.45, 7) is -0.0901. The molecule has 0 atom stereocenters. The van der Waals surface area contributed by atoms with Crippen molar-refractivity contribution in [2.75, 3.05) is 5.32 Å². The highest BCUT2D eigenvalue weighted by molar-refractivity contribution is 6.33. The molecule has 0 fully saturated rings. The topological polar surface area (TPSA) is 55.1 Å². The third-order valence-corrected chi connectivity index (χ3v) is 3.10. The molecule has 2 aromatic rings. The normalized spacial score (nSPS) is 10.5. The quantitative estimate of drug-likeness (QED) is 0.908. The van der Waals surface area contributed by atoms with Crippen molar-refractivity contribution in [2.45, 2.75) is 6.54 Å². The number of primary amides is 1. The Kier molecular flexibility index (Phi) is 4.37. The van der Waals surface area contributed by atoms with E-state index in [1.807, 2.05) is 0 Å². The van der Waals surface area contributed by atoms with Crippen LogP contribution in [-0.2, 0) is 6.54 Å². The van der Waals surface area contributed by atoms with Crippen LogP contribution in [0.3, 0.4) is 0 Å². The molecule has 0 saturated carbocycles. The Bertz CT molecular complexity index is 684. The van der Waals surface area contributed by atoms with Crippen molar-refractivity contribution in [3.63, 3.8) is 0 Å². The minimum Gasteiger partial charge on any atom is -0.377 e. The number of amides is 1. The number of anilines is 1. The molecule has 1 amide bonds. The maximum atomic E-state index is 13.7. The van der Waals surface area contributed by atoms with Gasteiger partial charge in [-0.15, -0.1) is 0 Å². The number of hydrogen-bond acceptors (Lipinski definition) is 2. The lowest BCUT2D eigenvalue weighted by molar-refractivity contribution is 0.1000. The third-order valence-electron chi connectivity index (χ3n) is 2.80. The van der Waals surface area contributed by atoms with Gasteiger partial charge in [-0.25, -0.2) is 13.2 Å². The van der Waals surface area contributed by atoms with Crippen molar-refractivity contribution in [1.82, 2.24) is 0 Å². The SMILES string of the molecule is NC(=O)c1ccc(CNc2c(F)cc(F)cc2Cl)c(F)c1. The molecule has 0 unspecified atom stereocenters. The number of rotatable bonds is 4. The van der Waals surface area contributed by atoms with E-state index in [-0.39, 0.29) is 28.4 Å². The minimum absolute atomic E-state index is 0.0299. The zero-order valence-corrected chi connectivity index (χ0v) is 11.3. The van der Waals surface area contributed by atoms with Gasteiger partial charge in [-0.1, -0.05) is 17.7 Å². The molecule has 110 valence electrons. The summed E-state index contributed by atoms with van der Waals surface area (Å²) in [5.41, 5.74) is 5.11. The first kappa shape index (κ1) is 15.2. The Morgan fingerprint density at radius 3 is 2.43 bits per heavy atom. The summed E-state index contributed by atoms with van der Waals surface area (Å²) in [6.07, 6.45) is 0. The molecule has 7 heteroatoms. The third kappa shape index (κ3) is 3.46. The lowest BCUT2D eigenvalue weighted by Crippen LogP contribution is -2.12. The van der Waals surface area contributed by atoms with Crippen LogP contribution in [0.1, 0.15) is 15.9 Å². The van der Waals surface area contributed by atoms with Gasteiger partial charge in [0.2, 0.25) is 5.91 Å². The van der Waals surface area contributed by atoms with E-state index in [0.29, 0.717) is 6.07 Å². The Morgan fingerprint density at radius 1 is 1.14 bits per heavy atom. The van der Waals surface area contributed by atoms with Crippen molar-refractivity contribution in [3.8, 4) is 0 Å². The molecule has 0 spiro atoms. The Morgan fingerprint density at radius 2 is 1.86 bits per heavy atom. The largest absolute Gasteiger partial charge is 0.377 e. The predicted molar refractivity (Wildman–Crippen MR) is 73.6 cm³/mol. The number of carbonyl (C=O) groups excluding carboxylic acids is 1. The molecule has 2 rings (SSSR count). The Labute approximate surface area is 123 Å². The van der Waals surface area contributed by atoms with Gasteiger partial charge >= 0.3 is 0 Å². The van der Waals surface area contributed by atoms with Crippen molar-refractivity contribution < 1.29 is 18.0 Å². The number of benzene rings is 2. The van der Waals surface area contributed by atoms with Crippen LogP contribution >= 0.6 is 11.6 Å². The number of nitrogens with two attached hydrogens (primary N) is 1. The summed E-state index contributed by atoms with van der Waals surface area (Å²) >= 11 is 5.71. The van der Waals surface area contributed by atoms with Crippen LogP contribution in [0.25, 0.3) is 0 Å². The second-order valence-electron chi connectivity index (χ2n) is 4.27. The molecule has 3 nitrogen and oxygen atoms in total. The van der Waals surface area contributed by atoms with Gasteiger partial charge in [0.15, 0.2) is 5.82 Å². The fourth-order valence-corrected chi connectivity index (χ4v) is 2.00. The van der Waals surface area contributed by atoms with Crippen LogP contribution < -0.4 is 11.1 Å². The average molecular weight is 315 g/mol. The van der Waals surface area contributed by atoms with Gasteiger partial charge in [0.1, 0.15) is 11.6 Å². The van der Waals surface area contributed by atoms with Crippen LogP contribution in [-0.4, -0.2) is 5.91 Å². The number of nitrogens with one attached hydrogen (secondary N) is 1. The molecular weight excluding hydrogens is 305 g/mol. The molecule has 0 aliphatic carbocycles. The second-order valence-corrected chi connectivity index (χ2v) is 4.68. The smallest absolute Gasteiger partial charge is 0.248 e. The van der Waals surface area contributed by atoms with Crippen molar-refractivity contribution in [2.24, 2.45) is 5.73 Å². The minimum atomic E-state index is -0.880. The lowest BCUT2D eigenvalue weighted by atomic mass is 10.1. The van der Waals surface area contributed by atoms with Crippen LogP contribution in [0, 0.1) is 17.5 Å². The first-order valence-corrected chi connectivity index (χ1v) is 6.23. The highest BCUT2D eigenvalue weighted by Crippen LogP contribution is 2.27. The van der Waals surface area contributed by atoms with Gasteiger partial charge in [0.05, 0.1) is 10.7 Å². The van der Waals surface area contributed by atoms with E-state index < -0.39 is 23.4 Å². The van der Waals surface area contributed by atoms with E-state index in [9.17, 15) is 18.0 Å².